The van der Waals surface area contributed by atoms with Gasteiger partial charge in [0.1, 0.15) is 0 Å². The second-order valence-electron chi connectivity index (χ2n) is 4.95. The van der Waals surface area contributed by atoms with Crippen molar-refractivity contribution in [3.8, 4) is 0 Å². The van der Waals surface area contributed by atoms with E-state index in [2.05, 4.69) is 45.9 Å². The molecule has 0 fully saturated rings. The van der Waals surface area contributed by atoms with Gasteiger partial charge in [0, 0.05) is 0 Å². The lowest BCUT2D eigenvalue weighted by atomic mass is 9.95. The number of benzene rings is 1. The molecule has 0 atom stereocenters. The average molecular weight is 204 g/mol. The van der Waals surface area contributed by atoms with Gasteiger partial charge in [-0.2, -0.15) is 0 Å². The van der Waals surface area contributed by atoms with E-state index in [-0.39, 0.29) is 0 Å². The van der Waals surface area contributed by atoms with Crippen molar-refractivity contribution in [1.82, 2.24) is 0 Å². The van der Waals surface area contributed by atoms with Gasteiger partial charge < -0.3 is 0 Å². The van der Waals surface area contributed by atoms with Gasteiger partial charge in [0.05, 0.1) is 0 Å². The summed E-state index contributed by atoms with van der Waals surface area (Å²) in [4.78, 5) is 0. The van der Waals surface area contributed by atoms with Gasteiger partial charge in [-0.1, -0.05) is 51.0 Å². The maximum absolute atomic E-state index is 2.37. The molecular weight excluding hydrogens is 180 g/mol. The van der Waals surface area contributed by atoms with E-state index >= 15 is 0 Å². The molecule has 0 aliphatic rings. The standard InChI is InChI=1S/C15H24/c1-5-6-14-10-8-13(4)11-15(14)9-7-12(2)3/h8,10-12H,5-7,9H2,1-4H3. The summed E-state index contributed by atoms with van der Waals surface area (Å²) in [6.07, 6.45) is 5.03. The molecule has 0 aliphatic carbocycles. The van der Waals surface area contributed by atoms with Crippen molar-refractivity contribution in [3.05, 3.63) is 34.9 Å². The summed E-state index contributed by atoms with van der Waals surface area (Å²) >= 11 is 0. The van der Waals surface area contributed by atoms with Gasteiger partial charge in [0.2, 0.25) is 0 Å². The van der Waals surface area contributed by atoms with E-state index in [1.165, 1.54) is 31.2 Å². The predicted octanol–water partition coefficient (Wildman–Crippen LogP) is 4.54. The molecule has 84 valence electrons. The van der Waals surface area contributed by atoms with Gasteiger partial charge in [-0.3, -0.25) is 0 Å². The number of hydrogen-bond acceptors (Lipinski definition) is 0. The summed E-state index contributed by atoms with van der Waals surface area (Å²) in [5, 5.41) is 0. The SMILES string of the molecule is CCCc1ccc(C)cc1CCC(C)C. The normalized spacial score (nSPS) is 11.0. The lowest BCUT2D eigenvalue weighted by molar-refractivity contribution is 0.584. The first-order valence-electron chi connectivity index (χ1n) is 6.22. The summed E-state index contributed by atoms with van der Waals surface area (Å²) in [7, 11) is 0. The maximum Gasteiger partial charge on any atom is -0.0274 e. The molecule has 0 spiro atoms. The summed E-state index contributed by atoms with van der Waals surface area (Å²) in [5.41, 5.74) is 4.53. The van der Waals surface area contributed by atoms with Crippen molar-refractivity contribution < 1.29 is 0 Å². The second kappa shape index (κ2) is 5.95. The highest BCUT2D eigenvalue weighted by atomic mass is 14.1. The first-order chi connectivity index (χ1) is 7.13. The Morgan fingerprint density at radius 3 is 2.40 bits per heavy atom. The second-order valence-corrected chi connectivity index (χ2v) is 4.95. The summed E-state index contributed by atoms with van der Waals surface area (Å²) in [5.74, 6) is 0.806. The number of aryl methyl sites for hydroxylation is 3. The molecule has 0 bridgehead atoms. The van der Waals surface area contributed by atoms with Crippen LogP contribution in [0.1, 0.15) is 50.3 Å². The molecule has 0 saturated heterocycles. The minimum Gasteiger partial charge on any atom is -0.0651 e. The van der Waals surface area contributed by atoms with E-state index in [0.29, 0.717) is 0 Å². The van der Waals surface area contributed by atoms with E-state index in [9.17, 15) is 0 Å². The van der Waals surface area contributed by atoms with Gasteiger partial charge in [0.15, 0.2) is 0 Å². The van der Waals surface area contributed by atoms with Gasteiger partial charge in [0.25, 0.3) is 0 Å². The molecule has 0 nitrogen and oxygen atoms in total. The molecule has 1 aromatic carbocycles. The van der Waals surface area contributed by atoms with Crippen LogP contribution in [0.3, 0.4) is 0 Å². The minimum atomic E-state index is 0.806. The van der Waals surface area contributed by atoms with Crippen LogP contribution in [0.25, 0.3) is 0 Å². The molecule has 0 aliphatic heterocycles. The lowest BCUT2D eigenvalue weighted by Crippen LogP contribution is -1.98. The molecule has 0 amide bonds. The zero-order valence-corrected chi connectivity index (χ0v) is 10.6. The van der Waals surface area contributed by atoms with Gasteiger partial charge in [-0.05, 0) is 43.2 Å². The van der Waals surface area contributed by atoms with E-state index in [1.807, 2.05) is 0 Å². The topological polar surface area (TPSA) is 0 Å². The molecular formula is C15H24. The highest BCUT2D eigenvalue weighted by molar-refractivity contribution is 5.31. The fourth-order valence-corrected chi connectivity index (χ4v) is 1.94. The molecule has 0 aromatic heterocycles. The van der Waals surface area contributed by atoms with E-state index in [0.717, 1.165) is 5.92 Å². The van der Waals surface area contributed by atoms with Crippen LogP contribution in [-0.2, 0) is 12.8 Å². The Bertz CT molecular complexity index is 297. The molecule has 0 heteroatoms. The molecule has 1 aromatic rings. The molecule has 0 N–H and O–H groups in total. The molecule has 0 radical (unpaired) electrons. The van der Waals surface area contributed by atoms with Crippen LogP contribution in [0.2, 0.25) is 0 Å². The van der Waals surface area contributed by atoms with Crippen molar-refractivity contribution in [2.75, 3.05) is 0 Å². The van der Waals surface area contributed by atoms with Crippen LogP contribution in [0.4, 0.5) is 0 Å². The maximum atomic E-state index is 2.37. The Morgan fingerprint density at radius 1 is 1.07 bits per heavy atom. The number of rotatable bonds is 5. The Balaban J connectivity index is 2.77. The highest BCUT2D eigenvalue weighted by Gasteiger charge is 2.03. The monoisotopic (exact) mass is 204 g/mol. The zero-order valence-electron chi connectivity index (χ0n) is 10.6. The van der Waals surface area contributed by atoms with Crippen molar-refractivity contribution in [2.45, 2.75) is 53.4 Å². The van der Waals surface area contributed by atoms with Crippen molar-refractivity contribution in [2.24, 2.45) is 5.92 Å². The van der Waals surface area contributed by atoms with Crippen LogP contribution in [0.5, 0.6) is 0 Å². The van der Waals surface area contributed by atoms with E-state index in [1.54, 1.807) is 11.1 Å². The van der Waals surface area contributed by atoms with E-state index in [4.69, 9.17) is 0 Å². The largest absolute Gasteiger partial charge is 0.0651 e. The smallest absolute Gasteiger partial charge is 0.0274 e. The van der Waals surface area contributed by atoms with Crippen LogP contribution in [-0.4, -0.2) is 0 Å². The van der Waals surface area contributed by atoms with Gasteiger partial charge in [-0.25, -0.2) is 0 Å². The lowest BCUT2D eigenvalue weighted by Gasteiger charge is -2.11. The van der Waals surface area contributed by atoms with Crippen molar-refractivity contribution >= 4 is 0 Å². The molecule has 0 heterocycles. The predicted molar refractivity (Wildman–Crippen MR) is 68.3 cm³/mol. The van der Waals surface area contributed by atoms with Crippen LogP contribution >= 0.6 is 0 Å². The average Bonchev–Trinajstić information content (AvgIpc) is 2.18. The Hall–Kier alpha value is -0.780. The molecule has 0 unspecified atom stereocenters. The van der Waals surface area contributed by atoms with Crippen molar-refractivity contribution in [1.29, 1.82) is 0 Å². The fraction of sp³-hybridized carbons (Fsp3) is 0.600. The fourth-order valence-electron chi connectivity index (χ4n) is 1.94. The van der Waals surface area contributed by atoms with Gasteiger partial charge in [-0.15, -0.1) is 0 Å². The van der Waals surface area contributed by atoms with Crippen LogP contribution < -0.4 is 0 Å². The summed E-state index contributed by atoms with van der Waals surface area (Å²) < 4.78 is 0. The molecule has 15 heavy (non-hydrogen) atoms. The Labute approximate surface area is 94.7 Å². The third-order valence-corrected chi connectivity index (χ3v) is 2.87. The van der Waals surface area contributed by atoms with Crippen LogP contribution in [0.15, 0.2) is 18.2 Å². The zero-order chi connectivity index (χ0) is 11.3. The quantitative estimate of drug-likeness (QED) is 0.660. The summed E-state index contributed by atoms with van der Waals surface area (Å²) in [6.45, 7) is 9.05. The number of hydrogen-bond donors (Lipinski definition) is 0. The van der Waals surface area contributed by atoms with E-state index < -0.39 is 0 Å². The Kier molecular flexibility index (Phi) is 4.87. The first kappa shape index (κ1) is 12.3. The molecule has 0 saturated carbocycles. The third-order valence-electron chi connectivity index (χ3n) is 2.87. The third kappa shape index (κ3) is 4.07. The highest BCUT2D eigenvalue weighted by Crippen LogP contribution is 2.17. The first-order valence-corrected chi connectivity index (χ1v) is 6.22. The minimum absolute atomic E-state index is 0.806. The summed E-state index contributed by atoms with van der Waals surface area (Å²) in [6, 6.07) is 6.92. The molecule has 1 rings (SSSR count). The Morgan fingerprint density at radius 2 is 1.80 bits per heavy atom. The van der Waals surface area contributed by atoms with Crippen molar-refractivity contribution in [3.63, 3.8) is 0 Å². The van der Waals surface area contributed by atoms with Crippen LogP contribution in [0, 0.1) is 12.8 Å². The van der Waals surface area contributed by atoms with Gasteiger partial charge >= 0.3 is 0 Å².